The molecule has 158 valence electrons. The topological polar surface area (TPSA) is 84.5 Å². The van der Waals surface area contributed by atoms with Crippen molar-refractivity contribution in [2.24, 2.45) is 0 Å². The first-order valence-corrected chi connectivity index (χ1v) is 11.9. The molecule has 1 unspecified atom stereocenters. The van der Waals surface area contributed by atoms with Crippen LogP contribution in [0.5, 0.6) is 5.75 Å². The third-order valence-corrected chi connectivity index (χ3v) is 7.18. The van der Waals surface area contributed by atoms with Crippen LogP contribution in [0.25, 0.3) is 0 Å². The second-order valence-electron chi connectivity index (χ2n) is 6.70. The van der Waals surface area contributed by atoms with Crippen LogP contribution < -0.4 is 14.8 Å². The van der Waals surface area contributed by atoms with Crippen LogP contribution in [0.4, 0.5) is 5.69 Å². The summed E-state index contributed by atoms with van der Waals surface area (Å²) < 4.78 is 32.8. The summed E-state index contributed by atoms with van der Waals surface area (Å²) in [6.45, 7) is 4.47. The SMILES string of the molecule is CCOc1ccc(C(C)NC(=O)Cc2ccc(NS(=O)(=O)c3cccs3)cc2)cc1. The van der Waals surface area contributed by atoms with E-state index in [1.807, 2.05) is 38.1 Å². The van der Waals surface area contributed by atoms with E-state index in [4.69, 9.17) is 4.74 Å². The third kappa shape index (κ3) is 5.84. The van der Waals surface area contributed by atoms with Crippen LogP contribution >= 0.6 is 11.3 Å². The van der Waals surface area contributed by atoms with Crippen LogP contribution in [0.15, 0.2) is 70.3 Å². The van der Waals surface area contributed by atoms with Gasteiger partial charge in [-0.3, -0.25) is 9.52 Å². The monoisotopic (exact) mass is 444 g/mol. The maximum atomic E-state index is 12.4. The number of nitrogens with one attached hydrogen (secondary N) is 2. The Hall–Kier alpha value is -2.84. The number of carbonyl (C=O) groups is 1. The fraction of sp³-hybridized carbons (Fsp3) is 0.227. The van der Waals surface area contributed by atoms with Gasteiger partial charge in [-0.15, -0.1) is 11.3 Å². The highest BCUT2D eigenvalue weighted by Crippen LogP contribution is 2.21. The minimum atomic E-state index is -3.58. The van der Waals surface area contributed by atoms with Gasteiger partial charge in [0.15, 0.2) is 0 Å². The maximum absolute atomic E-state index is 12.4. The van der Waals surface area contributed by atoms with Crippen molar-refractivity contribution in [3.8, 4) is 5.75 Å². The van der Waals surface area contributed by atoms with Gasteiger partial charge in [0.1, 0.15) is 9.96 Å². The average molecular weight is 445 g/mol. The largest absolute Gasteiger partial charge is 0.494 e. The van der Waals surface area contributed by atoms with E-state index < -0.39 is 10.0 Å². The summed E-state index contributed by atoms with van der Waals surface area (Å²) in [5, 5.41) is 4.69. The zero-order valence-corrected chi connectivity index (χ0v) is 18.4. The number of amides is 1. The Bertz CT molecular complexity index is 1060. The fourth-order valence-corrected chi connectivity index (χ4v) is 4.94. The predicted octanol–water partition coefficient (Wildman–Crippen LogP) is 4.37. The molecule has 0 aliphatic rings. The van der Waals surface area contributed by atoms with Crippen molar-refractivity contribution in [3.05, 3.63) is 77.2 Å². The molecule has 0 radical (unpaired) electrons. The van der Waals surface area contributed by atoms with Crippen LogP contribution in [0, 0.1) is 0 Å². The minimum Gasteiger partial charge on any atom is -0.494 e. The predicted molar refractivity (Wildman–Crippen MR) is 119 cm³/mol. The molecule has 2 aromatic carbocycles. The van der Waals surface area contributed by atoms with Crippen LogP contribution in [0.2, 0.25) is 0 Å². The lowest BCUT2D eigenvalue weighted by atomic mass is 10.1. The Morgan fingerprint density at radius 1 is 1.07 bits per heavy atom. The number of ether oxygens (including phenoxy) is 1. The average Bonchev–Trinajstić information content (AvgIpc) is 3.26. The van der Waals surface area contributed by atoms with Gasteiger partial charge in [0.25, 0.3) is 10.0 Å². The molecule has 1 amide bonds. The van der Waals surface area contributed by atoms with Gasteiger partial charge in [0.05, 0.1) is 19.1 Å². The number of carbonyl (C=O) groups excluding carboxylic acids is 1. The highest BCUT2D eigenvalue weighted by Gasteiger charge is 2.15. The molecule has 1 heterocycles. The normalized spacial score (nSPS) is 12.2. The summed E-state index contributed by atoms with van der Waals surface area (Å²) in [6, 6.07) is 17.6. The van der Waals surface area contributed by atoms with E-state index in [2.05, 4.69) is 10.0 Å². The molecule has 1 atom stereocenters. The molecule has 3 rings (SSSR count). The molecule has 0 spiro atoms. The number of sulfonamides is 1. The van der Waals surface area contributed by atoms with Gasteiger partial charge in [0, 0.05) is 5.69 Å². The van der Waals surface area contributed by atoms with Gasteiger partial charge in [-0.1, -0.05) is 30.3 Å². The number of hydrogen-bond acceptors (Lipinski definition) is 5. The molecule has 3 aromatic rings. The summed E-state index contributed by atoms with van der Waals surface area (Å²) in [5.41, 5.74) is 2.24. The standard InChI is InChI=1S/C22H24N2O4S2/c1-3-28-20-12-8-18(9-13-20)16(2)23-21(25)15-17-6-10-19(11-7-17)24-30(26,27)22-5-4-14-29-22/h4-14,16,24H,3,15H2,1-2H3,(H,23,25). The molecule has 0 bridgehead atoms. The van der Waals surface area contributed by atoms with E-state index in [1.54, 1.807) is 41.8 Å². The smallest absolute Gasteiger partial charge is 0.271 e. The molecule has 0 saturated heterocycles. The zero-order chi connectivity index (χ0) is 21.6. The number of rotatable bonds is 9. The van der Waals surface area contributed by atoms with E-state index in [-0.39, 0.29) is 22.6 Å². The molecule has 0 aliphatic heterocycles. The molecule has 8 heteroatoms. The van der Waals surface area contributed by atoms with Gasteiger partial charge in [-0.25, -0.2) is 8.42 Å². The van der Waals surface area contributed by atoms with E-state index in [9.17, 15) is 13.2 Å². The summed E-state index contributed by atoms with van der Waals surface area (Å²) in [6.07, 6.45) is 0.208. The van der Waals surface area contributed by atoms with Crippen molar-refractivity contribution in [2.45, 2.75) is 30.5 Å². The first-order valence-electron chi connectivity index (χ1n) is 9.55. The van der Waals surface area contributed by atoms with Crippen molar-refractivity contribution in [2.75, 3.05) is 11.3 Å². The molecular weight excluding hydrogens is 420 g/mol. The lowest BCUT2D eigenvalue weighted by Crippen LogP contribution is -2.28. The van der Waals surface area contributed by atoms with Gasteiger partial charge in [-0.05, 0) is 60.7 Å². The van der Waals surface area contributed by atoms with Gasteiger partial charge >= 0.3 is 0 Å². The molecule has 0 aliphatic carbocycles. The highest BCUT2D eigenvalue weighted by molar-refractivity contribution is 7.94. The van der Waals surface area contributed by atoms with E-state index in [0.29, 0.717) is 12.3 Å². The number of anilines is 1. The summed E-state index contributed by atoms with van der Waals surface area (Å²) >= 11 is 1.16. The second-order valence-corrected chi connectivity index (χ2v) is 9.56. The molecule has 2 N–H and O–H groups in total. The van der Waals surface area contributed by atoms with Gasteiger partial charge in [-0.2, -0.15) is 0 Å². The van der Waals surface area contributed by atoms with Crippen LogP contribution in [-0.4, -0.2) is 20.9 Å². The fourth-order valence-electron chi connectivity index (χ4n) is 2.89. The van der Waals surface area contributed by atoms with Gasteiger partial charge in [0.2, 0.25) is 5.91 Å². The quantitative estimate of drug-likeness (QED) is 0.513. The summed E-state index contributed by atoms with van der Waals surface area (Å²) in [7, 11) is -3.58. The molecule has 1 aromatic heterocycles. The minimum absolute atomic E-state index is 0.108. The number of benzene rings is 2. The Morgan fingerprint density at radius 3 is 2.37 bits per heavy atom. The van der Waals surface area contributed by atoms with Crippen molar-refractivity contribution in [1.82, 2.24) is 5.32 Å². The van der Waals surface area contributed by atoms with E-state index in [1.165, 1.54) is 0 Å². The van der Waals surface area contributed by atoms with Crippen LogP contribution in [0.3, 0.4) is 0 Å². The zero-order valence-electron chi connectivity index (χ0n) is 16.8. The Balaban J connectivity index is 1.55. The molecule has 0 fully saturated rings. The van der Waals surface area contributed by atoms with E-state index in [0.717, 1.165) is 28.2 Å². The second kappa shape index (κ2) is 9.77. The van der Waals surface area contributed by atoms with Crippen molar-refractivity contribution in [3.63, 3.8) is 0 Å². The molecule has 30 heavy (non-hydrogen) atoms. The third-order valence-electron chi connectivity index (χ3n) is 4.40. The first-order chi connectivity index (χ1) is 14.4. The van der Waals surface area contributed by atoms with E-state index >= 15 is 0 Å². The first kappa shape index (κ1) is 21.9. The lowest BCUT2D eigenvalue weighted by Gasteiger charge is -2.15. The van der Waals surface area contributed by atoms with Crippen LogP contribution in [-0.2, 0) is 21.2 Å². The molecule has 6 nitrogen and oxygen atoms in total. The Morgan fingerprint density at radius 2 is 1.77 bits per heavy atom. The number of thiophene rings is 1. The molecule has 0 saturated carbocycles. The maximum Gasteiger partial charge on any atom is 0.271 e. The van der Waals surface area contributed by atoms with Crippen molar-refractivity contribution in [1.29, 1.82) is 0 Å². The van der Waals surface area contributed by atoms with Crippen LogP contribution in [0.1, 0.15) is 31.0 Å². The Kier molecular flexibility index (Phi) is 7.12. The Labute approximate surface area is 181 Å². The number of hydrogen-bond donors (Lipinski definition) is 2. The summed E-state index contributed by atoms with van der Waals surface area (Å²) in [4.78, 5) is 12.4. The lowest BCUT2D eigenvalue weighted by molar-refractivity contribution is -0.121. The molecular formula is C22H24N2O4S2. The van der Waals surface area contributed by atoms with Gasteiger partial charge < -0.3 is 10.1 Å². The highest BCUT2D eigenvalue weighted by atomic mass is 32.2. The van der Waals surface area contributed by atoms with Crippen molar-refractivity contribution < 1.29 is 17.9 Å². The van der Waals surface area contributed by atoms with Crippen molar-refractivity contribution >= 4 is 33.0 Å². The summed E-state index contributed by atoms with van der Waals surface area (Å²) in [5.74, 6) is 0.692.